The molecule has 1 aromatic rings. The van der Waals surface area contributed by atoms with Gasteiger partial charge in [-0.3, -0.25) is 14.9 Å². The lowest BCUT2D eigenvalue weighted by molar-refractivity contribution is -0.115. The first-order chi connectivity index (χ1) is 10.6. The van der Waals surface area contributed by atoms with Gasteiger partial charge in [-0.25, -0.2) is 0 Å². The number of hydrogen-bond donors (Lipinski definition) is 2. The highest BCUT2D eigenvalue weighted by Gasteiger charge is 2.27. The molecule has 22 heavy (non-hydrogen) atoms. The Kier molecular flexibility index (Phi) is 4.42. The van der Waals surface area contributed by atoms with E-state index >= 15 is 0 Å². The molecule has 0 aliphatic carbocycles. The van der Waals surface area contributed by atoms with Crippen molar-refractivity contribution >= 4 is 46.3 Å². The number of halogens is 1. The van der Waals surface area contributed by atoms with Gasteiger partial charge in [0.1, 0.15) is 0 Å². The third-order valence-corrected chi connectivity index (χ3v) is 5.00. The smallest absolute Gasteiger partial charge is 0.290 e. The average molecular weight is 338 g/mol. The van der Waals surface area contributed by atoms with Crippen LogP contribution < -0.4 is 16.0 Å². The zero-order valence-electron chi connectivity index (χ0n) is 11.8. The lowest BCUT2D eigenvalue weighted by atomic mass is 10.1. The van der Waals surface area contributed by atoms with Crippen LogP contribution in [0.4, 0.5) is 10.5 Å². The molecule has 2 amide bonds. The number of imide groups is 1. The fraction of sp³-hybridized carbons (Fsp3) is 0.333. The maximum Gasteiger partial charge on any atom is 0.290 e. The van der Waals surface area contributed by atoms with E-state index in [1.165, 1.54) is 0 Å². The van der Waals surface area contributed by atoms with Crippen LogP contribution in [0.2, 0.25) is 5.02 Å². The summed E-state index contributed by atoms with van der Waals surface area (Å²) in [6.45, 7) is 2.40. The number of carbonyl (C=O) groups is 2. The number of nitrogens with two attached hydrogens (primary N) is 1. The van der Waals surface area contributed by atoms with Crippen molar-refractivity contribution in [2.75, 3.05) is 24.5 Å². The van der Waals surface area contributed by atoms with Crippen molar-refractivity contribution in [2.45, 2.75) is 6.42 Å². The third-order valence-electron chi connectivity index (χ3n) is 3.88. The summed E-state index contributed by atoms with van der Waals surface area (Å²) in [4.78, 5) is 25.6. The van der Waals surface area contributed by atoms with Crippen LogP contribution in [0, 0.1) is 5.92 Å². The van der Waals surface area contributed by atoms with Gasteiger partial charge in [0.2, 0.25) is 0 Å². The van der Waals surface area contributed by atoms with Gasteiger partial charge < -0.3 is 10.6 Å². The molecule has 2 heterocycles. The molecule has 2 saturated heterocycles. The zero-order valence-corrected chi connectivity index (χ0v) is 13.4. The van der Waals surface area contributed by atoms with Gasteiger partial charge in [0, 0.05) is 18.7 Å². The van der Waals surface area contributed by atoms with E-state index in [2.05, 4.69) is 10.2 Å². The molecule has 0 saturated carbocycles. The summed E-state index contributed by atoms with van der Waals surface area (Å²) in [5, 5.41) is 2.56. The minimum Gasteiger partial charge on any atom is -0.370 e. The van der Waals surface area contributed by atoms with E-state index in [-0.39, 0.29) is 11.1 Å². The van der Waals surface area contributed by atoms with Gasteiger partial charge >= 0.3 is 0 Å². The van der Waals surface area contributed by atoms with Gasteiger partial charge in [-0.15, -0.1) is 0 Å². The summed E-state index contributed by atoms with van der Waals surface area (Å²) in [7, 11) is 0. The second-order valence-electron chi connectivity index (χ2n) is 5.37. The summed E-state index contributed by atoms with van der Waals surface area (Å²) < 4.78 is 0. The maximum atomic E-state index is 11.7. The summed E-state index contributed by atoms with van der Waals surface area (Å²) in [6, 6.07) is 5.58. The Hall–Kier alpha value is -1.50. The standard InChI is InChI=1S/C15H16ClN3O2S/c16-11-3-1-2-10(6-12-14(20)18-15(21)22-12)13(11)19-5-4-9(7-17)8-19/h1-3,6,9H,4-5,7-8,17H2,(H,18,20,21)/t9-/m0/s1. The van der Waals surface area contributed by atoms with E-state index in [4.69, 9.17) is 17.3 Å². The van der Waals surface area contributed by atoms with Crippen molar-refractivity contribution < 1.29 is 9.59 Å². The predicted octanol–water partition coefficient (Wildman–Crippen LogP) is 2.45. The fourth-order valence-electron chi connectivity index (χ4n) is 2.77. The largest absolute Gasteiger partial charge is 0.370 e. The molecular formula is C15H16ClN3O2S. The van der Waals surface area contributed by atoms with E-state index in [9.17, 15) is 9.59 Å². The molecule has 2 fully saturated rings. The molecule has 5 nitrogen and oxygen atoms in total. The van der Waals surface area contributed by atoms with Crippen molar-refractivity contribution in [1.82, 2.24) is 5.32 Å². The van der Waals surface area contributed by atoms with Crippen LogP contribution >= 0.6 is 23.4 Å². The van der Waals surface area contributed by atoms with Gasteiger partial charge in [-0.2, -0.15) is 0 Å². The Bertz CT molecular complexity index is 662. The Labute approximate surface area is 137 Å². The summed E-state index contributed by atoms with van der Waals surface area (Å²) in [5.74, 6) is 0.102. The number of anilines is 1. The summed E-state index contributed by atoms with van der Waals surface area (Å²) in [6.07, 6.45) is 2.76. The van der Waals surface area contributed by atoms with Crippen molar-refractivity contribution in [1.29, 1.82) is 0 Å². The van der Waals surface area contributed by atoms with Gasteiger partial charge in [-0.05, 0) is 42.8 Å². The molecule has 0 spiro atoms. The van der Waals surface area contributed by atoms with Crippen LogP contribution in [-0.4, -0.2) is 30.8 Å². The Morgan fingerprint density at radius 2 is 2.27 bits per heavy atom. The van der Waals surface area contributed by atoms with E-state index < -0.39 is 0 Å². The van der Waals surface area contributed by atoms with E-state index in [0.29, 0.717) is 22.4 Å². The molecule has 2 aliphatic heterocycles. The number of benzene rings is 1. The molecule has 1 aromatic carbocycles. The maximum absolute atomic E-state index is 11.7. The third kappa shape index (κ3) is 2.99. The number of carbonyl (C=O) groups excluding carboxylic acids is 2. The van der Waals surface area contributed by atoms with Gasteiger partial charge in [0.05, 0.1) is 15.6 Å². The number of amides is 2. The molecule has 3 N–H and O–H groups in total. The van der Waals surface area contributed by atoms with Crippen molar-refractivity contribution in [3.63, 3.8) is 0 Å². The molecule has 3 rings (SSSR count). The molecule has 0 aromatic heterocycles. The first-order valence-electron chi connectivity index (χ1n) is 7.07. The second kappa shape index (κ2) is 6.32. The lowest BCUT2D eigenvalue weighted by Gasteiger charge is -2.22. The molecule has 1 atom stereocenters. The molecule has 0 radical (unpaired) electrons. The minimum atomic E-state index is -0.359. The monoisotopic (exact) mass is 337 g/mol. The summed E-state index contributed by atoms with van der Waals surface area (Å²) in [5.41, 5.74) is 7.50. The first-order valence-corrected chi connectivity index (χ1v) is 8.26. The number of thioether (sulfide) groups is 1. The van der Waals surface area contributed by atoms with Crippen LogP contribution in [0.5, 0.6) is 0 Å². The van der Waals surface area contributed by atoms with Crippen molar-refractivity contribution in [2.24, 2.45) is 11.7 Å². The Balaban J connectivity index is 1.96. The van der Waals surface area contributed by atoms with Crippen LogP contribution in [0.3, 0.4) is 0 Å². The highest BCUT2D eigenvalue weighted by molar-refractivity contribution is 8.18. The molecule has 7 heteroatoms. The molecule has 116 valence electrons. The fourth-order valence-corrected chi connectivity index (χ4v) is 3.75. The van der Waals surface area contributed by atoms with Crippen LogP contribution in [0.1, 0.15) is 12.0 Å². The highest BCUT2D eigenvalue weighted by Crippen LogP contribution is 2.36. The molecular weight excluding hydrogens is 322 g/mol. The van der Waals surface area contributed by atoms with E-state index in [1.54, 1.807) is 6.08 Å². The second-order valence-corrected chi connectivity index (χ2v) is 6.79. The van der Waals surface area contributed by atoms with Crippen molar-refractivity contribution in [3.8, 4) is 0 Å². The van der Waals surface area contributed by atoms with Crippen molar-refractivity contribution in [3.05, 3.63) is 33.7 Å². The average Bonchev–Trinajstić information content (AvgIpc) is 3.06. The predicted molar refractivity (Wildman–Crippen MR) is 89.9 cm³/mol. The van der Waals surface area contributed by atoms with E-state index in [0.717, 1.165) is 42.5 Å². The highest BCUT2D eigenvalue weighted by atomic mass is 35.5. The molecule has 0 unspecified atom stereocenters. The Morgan fingerprint density at radius 3 is 2.91 bits per heavy atom. The van der Waals surface area contributed by atoms with Crippen LogP contribution in [0.15, 0.2) is 23.1 Å². The number of para-hydroxylation sites is 1. The topological polar surface area (TPSA) is 75.4 Å². The van der Waals surface area contributed by atoms with Crippen LogP contribution in [-0.2, 0) is 4.79 Å². The van der Waals surface area contributed by atoms with Gasteiger partial charge in [0.15, 0.2) is 0 Å². The van der Waals surface area contributed by atoms with E-state index in [1.807, 2.05) is 18.2 Å². The molecule has 0 bridgehead atoms. The quantitative estimate of drug-likeness (QED) is 0.829. The minimum absolute atomic E-state index is 0.343. The number of nitrogens with zero attached hydrogens (tertiary/aromatic N) is 1. The normalized spacial score (nSPS) is 23.5. The number of hydrogen-bond acceptors (Lipinski definition) is 5. The number of nitrogens with one attached hydrogen (secondary N) is 1. The summed E-state index contributed by atoms with van der Waals surface area (Å²) >= 11 is 7.28. The first kappa shape index (κ1) is 15.4. The SMILES string of the molecule is NC[C@@H]1CCN(c2c(Cl)cccc2C=C2SC(=O)NC2=O)C1. The van der Waals surface area contributed by atoms with Gasteiger partial charge in [-0.1, -0.05) is 23.7 Å². The lowest BCUT2D eigenvalue weighted by Crippen LogP contribution is -2.23. The number of rotatable bonds is 3. The Morgan fingerprint density at radius 1 is 1.45 bits per heavy atom. The molecule has 2 aliphatic rings. The zero-order chi connectivity index (χ0) is 15.7. The van der Waals surface area contributed by atoms with Gasteiger partial charge in [0.25, 0.3) is 11.1 Å². The van der Waals surface area contributed by atoms with Crippen LogP contribution in [0.25, 0.3) is 6.08 Å².